The van der Waals surface area contributed by atoms with Crippen LogP contribution in [0.3, 0.4) is 0 Å². The molecule has 0 spiro atoms. The van der Waals surface area contributed by atoms with Crippen molar-refractivity contribution in [2.75, 3.05) is 12.3 Å². The van der Waals surface area contributed by atoms with Gasteiger partial charge in [0.15, 0.2) is 0 Å². The van der Waals surface area contributed by atoms with E-state index in [0.29, 0.717) is 11.6 Å². The number of carbonyl (C=O) groups is 1. The third kappa shape index (κ3) is 4.12. The first kappa shape index (κ1) is 19.4. The number of amides is 1. The second-order valence-electron chi connectivity index (χ2n) is 9.07. The molecule has 1 saturated carbocycles. The predicted molar refractivity (Wildman–Crippen MR) is 103 cm³/mol. The van der Waals surface area contributed by atoms with Gasteiger partial charge in [-0.05, 0) is 54.7 Å². The SMILES string of the molecule is CCS(=O)(=O)NCc1ccc(C(=O)N2CC3(C)CC2CC(C)(C)C3)cc1. The lowest BCUT2D eigenvalue weighted by molar-refractivity contribution is 0.0708. The van der Waals surface area contributed by atoms with Crippen molar-refractivity contribution in [1.29, 1.82) is 0 Å². The third-order valence-electron chi connectivity index (χ3n) is 5.75. The zero-order valence-electron chi connectivity index (χ0n) is 16.2. The molecule has 1 saturated heterocycles. The lowest BCUT2D eigenvalue weighted by atomic mass is 9.65. The van der Waals surface area contributed by atoms with Crippen molar-refractivity contribution in [2.24, 2.45) is 10.8 Å². The summed E-state index contributed by atoms with van der Waals surface area (Å²) < 4.78 is 25.6. The van der Waals surface area contributed by atoms with E-state index in [4.69, 9.17) is 0 Å². The Kier molecular flexibility index (Phi) is 4.95. The van der Waals surface area contributed by atoms with Crippen LogP contribution in [0.25, 0.3) is 0 Å². The van der Waals surface area contributed by atoms with Gasteiger partial charge in [-0.2, -0.15) is 0 Å². The number of benzene rings is 1. The Labute approximate surface area is 157 Å². The molecule has 2 atom stereocenters. The summed E-state index contributed by atoms with van der Waals surface area (Å²) in [4.78, 5) is 15.1. The molecule has 6 heteroatoms. The number of nitrogens with one attached hydrogen (secondary N) is 1. The number of fused-ring (bicyclic) bond motifs is 2. The molecule has 1 aromatic rings. The van der Waals surface area contributed by atoms with E-state index in [1.807, 2.05) is 24.3 Å². The van der Waals surface area contributed by atoms with Crippen LogP contribution in [-0.4, -0.2) is 37.6 Å². The van der Waals surface area contributed by atoms with E-state index in [0.717, 1.165) is 31.4 Å². The van der Waals surface area contributed by atoms with Gasteiger partial charge in [-0.1, -0.05) is 32.9 Å². The fraction of sp³-hybridized carbons (Fsp3) is 0.650. The van der Waals surface area contributed by atoms with Crippen molar-refractivity contribution in [2.45, 2.75) is 59.5 Å². The fourth-order valence-corrected chi connectivity index (χ4v) is 5.51. The molecule has 144 valence electrons. The van der Waals surface area contributed by atoms with E-state index in [1.54, 1.807) is 6.92 Å². The number of hydrogen-bond donors (Lipinski definition) is 1. The van der Waals surface area contributed by atoms with Gasteiger partial charge < -0.3 is 4.90 Å². The number of sulfonamides is 1. The Morgan fingerprint density at radius 2 is 1.85 bits per heavy atom. The lowest BCUT2D eigenvalue weighted by Gasteiger charge is -2.39. The molecule has 2 unspecified atom stereocenters. The Bertz CT molecular complexity index is 786. The normalized spacial score (nSPS) is 27.5. The van der Waals surface area contributed by atoms with Gasteiger partial charge in [-0.3, -0.25) is 4.79 Å². The molecule has 1 aliphatic carbocycles. The van der Waals surface area contributed by atoms with Crippen LogP contribution in [0.4, 0.5) is 0 Å². The molecule has 2 bridgehead atoms. The quantitative estimate of drug-likeness (QED) is 0.856. The molecule has 5 nitrogen and oxygen atoms in total. The van der Waals surface area contributed by atoms with E-state index in [9.17, 15) is 13.2 Å². The standard InChI is InChI=1S/C20H30N2O3S/c1-5-26(24,25)21-12-15-6-8-16(9-7-15)18(23)22-14-20(4)11-17(22)10-19(2,3)13-20/h6-9,17,21H,5,10-14H2,1-4H3. The Hall–Kier alpha value is -1.40. The molecular formula is C20H30N2O3S. The molecule has 3 rings (SSSR count). The second-order valence-corrected chi connectivity index (χ2v) is 11.2. The molecular weight excluding hydrogens is 348 g/mol. The number of rotatable bonds is 5. The van der Waals surface area contributed by atoms with Gasteiger partial charge in [0.2, 0.25) is 10.0 Å². The average molecular weight is 379 g/mol. The van der Waals surface area contributed by atoms with Gasteiger partial charge >= 0.3 is 0 Å². The molecule has 2 aliphatic rings. The van der Waals surface area contributed by atoms with Crippen molar-refractivity contribution in [1.82, 2.24) is 9.62 Å². The van der Waals surface area contributed by atoms with Crippen LogP contribution in [0.2, 0.25) is 0 Å². The predicted octanol–water partition coefficient (Wildman–Crippen LogP) is 3.17. The van der Waals surface area contributed by atoms with Crippen molar-refractivity contribution in [3.05, 3.63) is 35.4 Å². The topological polar surface area (TPSA) is 66.5 Å². The lowest BCUT2D eigenvalue weighted by Crippen LogP contribution is -2.37. The summed E-state index contributed by atoms with van der Waals surface area (Å²) in [6, 6.07) is 7.62. The van der Waals surface area contributed by atoms with Crippen LogP contribution in [0.15, 0.2) is 24.3 Å². The van der Waals surface area contributed by atoms with Gasteiger partial charge in [0.1, 0.15) is 0 Å². The van der Waals surface area contributed by atoms with Gasteiger partial charge in [-0.25, -0.2) is 13.1 Å². The van der Waals surface area contributed by atoms with Crippen LogP contribution < -0.4 is 4.72 Å². The van der Waals surface area contributed by atoms with Crippen molar-refractivity contribution in [3.63, 3.8) is 0 Å². The summed E-state index contributed by atoms with van der Waals surface area (Å²) in [6.45, 7) is 9.60. The molecule has 0 radical (unpaired) electrons. The Morgan fingerprint density at radius 3 is 2.46 bits per heavy atom. The van der Waals surface area contributed by atoms with E-state index in [2.05, 4.69) is 30.4 Å². The molecule has 2 fully saturated rings. The summed E-state index contributed by atoms with van der Waals surface area (Å²) in [5.41, 5.74) is 2.04. The molecule has 0 aromatic heterocycles. The van der Waals surface area contributed by atoms with Crippen molar-refractivity contribution >= 4 is 15.9 Å². The summed E-state index contributed by atoms with van der Waals surface area (Å²) in [5, 5.41) is 0. The Balaban J connectivity index is 1.69. The largest absolute Gasteiger partial charge is 0.335 e. The van der Waals surface area contributed by atoms with Crippen LogP contribution in [0.1, 0.15) is 62.9 Å². The highest BCUT2D eigenvalue weighted by atomic mass is 32.2. The molecule has 26 heavy (non-hydrogen) atoms. The van der Waals surface area contributed by atoms with E-state index < -0.39 is 10.0 Å². The van der Waals surface area contributed by atoms with Gasteiger partial charge in [0, 0.05) is 24.7 Å². The van der Waals surface area contributed by atoms with Crippen LogP contribution in [0, 0.1) is 10.8 Å². The van der Waals surface area contributed by atoms with Gasteiger partial charge in [0.25, 0.3) is 5.91 Å². The number of carbonyl (C=O) groups excluding carboxylic acids is 1. The number of likely N-dealkylation sites (tertiary alicyclic amines) is 1. The first-order chi connectivity index (χ1) is 12.0. The van der Waals surface area contributed by atoms with Crippen LogP contribution >= 0.6 is 0 Å². The van der Waals surface area contributed by atoms with Crippen LogP contribution in [-0.2, 0) is 16.6 Å². The molecule has 1 aliphatic heterocycles. The summed E-state index contributed by atoms with van der Waals surface area (Å²) in [5.74, 6) is 0.159. The van der Waals surface area contributed by atoms with Crippen molar-refractivity contribution in [3.8, 4) is 0 Å². The summed E-state index contributed by atoms with van der Waals surface area (Å²) in [6.07, 6.45) is 3.32. The fourth-order valence-electron chi connectivity index (χ4n) is 4.92. The first-order valence-electron chi connectivity index (χ1n) is 9.40. The van der Waals surface area contributed by atoms with E-state index >= 15 is 0 Å². The monoisotopic (exact) mass is 378 g/mol. The van der Waals surface area contributed by atoms with E-state index in [1.165, 1.54) is 0 Å². The highest BCUT2D eigenvalue weighted by molar-refractivity contribution is 7.89. The first-order valence-corrected chi connectivity index (χ1v) is 11.1. The zero-order chi connectivity index (χ0) is 19.2. The van der Waals surface area contributed by atoms with Crippen LogP contribution in [0.5, 0.6) is 0 Å². The van der Waals surface area contributed by atoms with E-state index in [-0.39, 0.29) is 29.0 Å². The summed E-state index contributed by atoms with van der Waals surface area (Å²) in [7, 11) is -3.21. The minimum atomic E-state index is -3.21. The smallest absolute Gasteiger partial charge is 0.254 e. The average Bonchev–Trinajstić information content (AvgIpc) is 2.82. The maximum absolute atomic E-state index is 13.0. The second kappa shape index (κ2) is 6.64. The molecule has 1 heterocycles. The number of hydrogen-bond acceptors (Lipinski definition) is 3. The Morgan fingerprint density at radius 1 is 1.19 bits per heavy atom. The molecule has 1 aromatic carbocycles. The minimum absolute atomic E-state index is 0.0645. The molecule has 1 amide bonds. The number of nitrogens with zero attached hydrogens (tertiary/aromatic N) is 1. The van der Waals surface area contributed by atoms with Gasteiger partial charge in [0.05, 0.1) is 5.75 Å². The summed E-state index contributed by atoms with van der Waals surface area (Å²) >= 11 is 0. The minimum Gasteiger partial charge on any atom is -0.335 e. The maximum Gasteiger partial charge on any atom is 0.254 e. The third-order valence-corrected chi connectivity index (χ3v) is 7.10. The highest BCUT2D eigenvalue weighted by Gasteiger charge is 2.50. The zero-order valence-corrected chi connectivity index (χ0v) is 17.0. The van der Waals surface area contributed by atoms with Crippen molar-refractivity contribution < 1.29 is 13.2 Å². The highest BCUT2D eigenvalue weighted by Crippen LogP contribution is 2.52. The van der Waals surface area contributed by atoms with Gasteiger partial charge in [-0.15, -0.1) is 0 Å². The maximum atomic E-state index is 13.0. The molecule has 1 N–H and O–H groups in total.